The van der Waals surface area contributed by atoms with E-state index in [1.165, 1.54) is 0 Å². The molecule has 0 spiro atoms. The van der Waals surface area contributed by atoms with Gasteiger partial charge in [0, 0.05) is 31.7 Å². The molecule has 0 aliphatic carbocycles. The average molecular weight is 212 g/mol. The first-order valence-electron chi connectivity index (χ1n) is 5.85. The summed E-state index contributed by atoms with van der Waals surface area (Å²) in [6.07, 6.45) is 0. The summed E-state index contributed by atoms with van der Waals surface area (Å²) in [6.45, 7) is 11.7. The molecule has 4 nitrogen and oxygen atoms in total. The molecule has 0 saturated carbocycles. The number of likely N-dealkylation sites (tertiary alicyclic amines) is 1. The van der Waals surface area contributed by atoms with Gasteiger partial charge in [0.15, 0.2) is 5.96 Å². The fourth-order valence-corrected chi connectivity index (χ4v) is 2.02. The molecule has 0 aromatic carbocycles. The molecule has 0 aromatic rings. The van der Waals surface area contributed by atoms with Crippen molar-refractivity contribution < 1.29 is 0 Å². The minimum absolute atomic E-state index is 0.447. The van der Waals surface area contributed by atoms with E-state index >= 15 is 0 Å². The van der Waals surface area contributed by atoms with Gasteiger partial charge in [0.2, 0.25) is 0 Å². The maximum absolute atomic E-state index is 5.77. The van der Waals surface area contributed by atoms with Crippen LogP contribution in [0.1, 0.15) is 27.7 Å². The van der Waals surface area contributed by atoms with E-state index in [0.717, 1.165) is 19.6 Å². The Bertz CT molecular complexity index is 225. The van der Waals surface area contributed by atoms with E-state index in [1.807, 2.05) is 6.92 Å². The Morgan fingerprint density at radius 2 is 2.20 bits per heavy atom. The summed E-state index contributed by atoms with van der Waals surface area (Å²) in [5.41, 5.74) is 5.77. The first-order chi connectivity index (χ1) is 7.04. The molecule has 3 N–H and O–H groups in total. The fourth-order valence-electron chi connectivity index (χ4n) is 2.02. The smallest absolute Gasteiger partial charge is 0.188 e. The van der Waals surface area contributed by atoms with Crippen LogP contribution in [0.3, 0.4) is 0 Å². The molecular formula is C11H24N4. The van der Waals surface area contributed by atoms with Crippen LogP contribution in [0.15, 0.2) is 4.99 Å². The number of hydrogen-bond donors (Lipinski definition) is 2. The third-order valence-electron chi connectivity index (χ3n) is 3.03. The molecule has 0 amide bonds. The molecule has 1 fully saturated rings. The molecule has 0 aromatic heterocycles. The zero-order valence-electron chi connectivity index (χ0n) is 10.3. The lowest BCUT2D eigenvalue weighted by Gasteiger charge is -2.20. The third-order valence-corrected chi connectivity index (χ3v) is 3.03. The monoisotopic (exact) mass is 212 g/mol. The summed E-state index contributed by atoms with van der Waals surface area (Å²) >= 11 is 0. The molecule has 1 aliphatic rings. The summed E-state index contributed by atoms with van der Waals surface area (Å²) < 4.78 is 0. The summed E-state index contributed by atoms with van der Waals surface area (Å²) in [4.78, 5) is 6.63. The van der Waals surface area contributed by atoms with Gasteiger partial charge in [-0.15, -0.1) is 0 Å². The van der Waals surface area contributed by atoms with Crippen LogP contribution in [0.25, 0.3) is 0 Å². The van der Waals surface area contributed by atoms with Crippen molar-refractivity contribution >= 4 is 5.96 Å². The van der Waals surface area contributed by atoms with Crippen molar-refractivity contribution in [3.8, 4) is 0 Å². The van der Waals surface area contributed by atoms with Gasteiger partial charge < -0.3 is 11.1 Å². The van der Waals surface area contributed by atoms with Gasteiger partial charge in [-0.3, -0.25) is 9.89 Å². The third kappa shape index (κ3) is 3.38. The number of aliphatic imine (C=N–C) groups is 1. The Kier molecular flexibility index (Phi) is 4.39. The quantitative estimate of drug-likeness (QED) is 0.533. The van der Waals surface area contributed by atoms with Crippen LogP contribution in [-0.4, -0.2) is 42.6 Å². The molecule has 1 saturated heterocycles. The highest BCUT2D eigenvalue weighted by atomic mass is 15.2. The Balaban J connectivity index is 2.47. The molecule has 0 bridgehead atoms. The fraction of sp³-hybridized carbons (Fsp3) is 0.909. The highest BCUT2D eigenvalue weighted by molar-refractivity contribution is 5.78. The van der Waals surface area contributed by atoms with Crippen molar-refractivity contribution in [1.29, 1.82) is 0 Å². The van der Waals surface area contributed by atoms with Gasteiger partial charge in [0.05, 0.1) is 0 Å². The van der Waals surface area contributed by atoms with Crippen LogP contribution in [0, 0.1) is 5.92 Å². The van der Waals surface area contributed by atoms with Gasteiger partial charge in [-0.2, -0.15) is 0 Å². The van der Waals surface area contributed by atoms with Gasteiger partial charge in [0.25, 0.3) is 0 Å². The maximum atomic E-state index is 5.77. The van der Waals surface area contributed by atoms with Crippen LogP contribution >= 0.6 is 0 Å². The van der Waals surface area contributed by atoms with E-state index in [0.29, 0.717) is 24.0 Å². The number of guanidine groups is 1. The molecule has 88 valence electrons. The van der Waals surface area contributed by atoms with E-state index in [9.17, 15) is 0 Å². The Labute approximate surface area is 92.9 Å². The van der Waals surface area contributed by atoms with E-state index in [1.54, 1.807) is 0 Å². The Morgan fingerprint density at radius 3 is 2.67 bits per heavy atom. The molecular weight excluding hydrogens is 188 g/mol. The predicted octanol–water partition coefficient (Wildman–Crippen LogP) is 0.639. The lowest BCUT2D eigenvalue weighted by Crippen LogP contribution is -2.44. The highest BCUT2D eigenvalue weighted by Gasteiger charge is 2.30. The Morgan fingerprint density at radius 1 is 1.53 bits per heavy atom. The summed E-state index contributed by atoms with van der Waals surface area (Å²) in [5, 5.41) is 3.30. The van der Waals surface area contributed by atoms with Crippen LogP contribution in [0.5, 0.6) is 0 Å². The van der Waals surface area contributed by atoms with E-state index in [-0.39, 0.29) is 0 Å². The maximum Gasteiger partial charge on any atom is 0.188 e. The zero-order chi connectivity index (χ0) is 11.4. The average Bonchev–Trinajstić information content (AvgIpc) is 2.48. The second kappa shape index (κ2) is 5.35. The molecule has 4 heteroatoms. The number of rotatable bonds is 3. The minimum atomic E-state index is 0.447. The van der Waals surface area contributed by atoms with Crippen LogP contribution in [-0.2, 0) is 0 Å². The first kappa shape index (κ1) is 12.3. The van der Waals surface area contributed by atoms with Crippen molar-refractivity contribution in [1.82, 2.24) is 10.2 Å². The molecule has 2 unspecified atom stereocenters. The second-order valence-corrected chi connectivity index (χ2v) is 4.64. The predicted molar refractivity (Wildman–Crippen MR) is 65.0 cm³/mol. The van der Waals surface area contributed by atoms with E-state index < -0.39 is 0 Å². The van der Waals surface area contributed by atoms with Crippen LogP contribution < -0.4 is 11.1 Å². The van der Waals surface area contributed by atoms with Gasteiger partial charge in [-0.1, -0.05) is 6.92 Å². The SMILES string of the molecule is CCN=C(N)NC1CN(C(C)C)CC1C. The van der Waals surface area contributed by atoms with Crippen molar-refractivity contribution in [3.63, 3.8) is 0 Å². The van der Waals surface area contributed by atoms with Gasteiger partial charge in [0.1, 0.15) is 0 Å². The van der Waals surface area contributed by atoms with Crippen LogP contribution in [0.2, 0.25) is 0 Å². The first-order valence-corrected chi connectivity index (χ1v) is 5.85. The normalized spacial score (nSPS) is 28.7. The van der Waals surface area contributed by atoms with E-state index in [2.05, 4.69) is 36.0 Å². The van der Waals surface area contributed by atoms with Crippen LogP contribution in [0.4, 0.5) is 0 Å². The van der Waals surface area contributed by atoms with Gasteiger partial charge in [-0.25, -0.2) is 0 Å². The zero-order valence-corrected chi connectivity index (χ0v) is 10.3. The topological polar surface area (TPSA) is 53.6 Å². The summed E-state index contributed by atoms with van der Waals surface area (Å²) in [6, 6.07) is 1.06. The highest BCUT2D eigenvalue weighted by Crippen LogP contribution is 2.18. The molecule has 2 atom stereocenters. The number of nitrogens with two attached hydrogens (primary N) is 1. The largest absolute Gasteiger partial charge is 0.370 e. The molecule has 0 radical (unpaired) electrons. The van der Waals surface area contributed by atoms with Crippen molar-refractivity contribution in [2.45, 2.75) is 39.8 Å². The molecule has 1 aliphatic heterocycles. The molecule has 15 heavy (non-hydrogen) atoms. The van der Waals surface area contributed by atoms with Gasteiger partial charge in [-0.05, 0) is 26.7 Å². The summed E-state index contributed by atoms with van der Waals surface area (Å²) in [5.74, 6) is 1.22. The summed E-state index contributed by atoms with van der Waals surface area (Å²) in [7, 11) is 0. The molecule has 1 heterocycles. The number of nitrogens with zero attached hydrogens (tertiary/aromatic N) is 2. The van der Waals surface area contributed by atoms with E-state index in [4.69, 9.17) is 5.73 Å². The molecule has 1 rings (SSSR count). The minimum Gasteiger partial charge on any atom is -0.370 e. The lowest BCUT2D eigenvalue weighted by molar-refractivity contribution is 0.265. The van der Waals surface area contributed by atoms with Crippen molar-refractivity contribution in [2.24, 2.45) is 16.6 Å². The Hall–Kier alpha value is -0.770. The standard InChI is InChI=1S/C11H24N4/c1-5-13-11(12)14-10-7-15(8(2)3)6-9(10)4/h8-10H,5-7H2,1-4H3,(H3,12,13,14). The van der Waals surface area contributed by atoms with Crippen molar-refractivity contribution in [3.05, 3.63) is 0 Å². The second-order valence-electron chi connectivity index (χ2n) is 4.64. The van der Waals surface area contributed by atoms with Gasteiger partial charge >= 0.3 is 0 Å². The lowest BCUT2D eigenvalue weighted by atomic mass is 10.1. The number of hydrogen-bond acceptors (Lipinski definition) is 2. The number of nitrogens with one attached hydrogen (secondary N) is 1. The van der Waals surface area contributed by atoms with Crippen molar-refractivity contribution in [2.75, 3.05) is 19.6 Å².